The van der Waals surface area contributed by atoms with Crippen molar-refractivity contribution in [2.75, 3.05) is 6.54 Å². The topological polar surface area (TPSA) is 97.3 Å². The average Bonchev–Trinajstić information content (AvgIpc) is 3.61. The van der Waals surface area contributed by atoms with Crippen molar-refractivity contribution in [2.24, 2.45) is 5.73 Å². The summed E-state index contributed by atoms with van der Waals surface area (Å²) in [6.45, 7) is 4.31. The van der Waals surface area contributed by atoms with Gasteiger partial charge in [-0.3, -0.25) is 4.57 Å². The van der Waals surface area contributed by atoms with Crippen LogP contribution in [-0.4, -0.2) is 50.2 Å². The normalized spacial score (nSPS) is 29.4. The van der Waals surface area contributed by atoms with Crippen molar-refractivity contribution in [1.82, 2.24) is 19.5 Å². The number of hydrogen-bond acceptors (Lipinski definition) is 7. The Hall–Kier alpha value is -2.72. The molecular weight excluding hydrogens is 449 g/mol. The lowest BCUT2D eigenvalue weighted by atomic mass is 9.82. The number of hydrogen-bond donors (Lipinski definition) is 1. The minimum Gasteiger partial charge on any atom is -0.345 e. The van der Waals surface area contributed by atoms with Gasteiger partial charge >= 0.3 is 0 Å². The van der Waals surface area contributed by atoms with Gasteiger partial charge in [0.05, 0.1) is 12.0 Å². The first-order chi connectivity index (χ1) is 16.9. The molecule has 2 saturated heterocycles. The molecule has 9 heteroatoms. The molecule has 0 amide bonds. The molecule has 0 radical (unpaired) electrons. The van der Waals surface area contributed by atoms with Crippen molar-refractivity contribution in [3.05, 3.63) is 60.1 Å². The third kappa shape index (κ3) is 3.78. The van der Waals surface area contributed by atoms with E-state index >= 15 is 0 Å². The third-order valence-corrected chi connectivity index (χ3v) is 7.52. The summed E-state index contributed by atoms with van der Waals surface area (Å²) in [5.74, 6) is -1.06. The van der Waals surface area contributed by atoms with E-state index in [1.54, 1.807) is 36.9 Å². The van der Waals surface area contributed by atoms with Crippen molar-refractivity contribution in [3.8, 4) is 0 Å². The Morgan fingerprint density at radius 1 is 1.11 bits per heavy atom. The minimum atomic E-state index is -0.772. The first-order valence-corrected chi connectivity index (χ1v) is 12.2. The van der Waals surface area contributed by atoms with E-state index in [1.165, 1.54) is 6.07 Å². The van der Waals surface area contributed by atoms with Crippen LogP contribution < -0.4 is 5.73 Å². The fraction of sp³-hybridized carbons (Fsp3) is 0.500. The van der Waals surface area contributed by atoms with Gasteiger partial charge < -0.3 is 19.9 Å². The molecule has 4 atom stereocenters. The highest BCUT2D eigenvalue weighted by atomic mass is 19.1. The van der Waals surface area contributed by atoms with Crippen LogP contribution in [0.15, 0.2) is 43.0 Å². The smallest absolute Gasteiger partial charge is 0.166 e. The molecule has 8 nitrogen and oxygen atoms in total. The Bertz CT molecular complexity index is 1270. The second kappa shape index (κ2) is 8.44. The fourth-order valence-electron chi connectivity index (χ4n) is 5.81. The van der Waals surface area contributed by atoms with Gasteiger partial charge in [0.1, 0.15) is 36.0 Å². The SMILES string of the molecule is CC1(C)O[C@@H]2[C@H](O1)[C@@H](C=Cc1ccccc1F)O[C@H]2n1cnc2c(C3(CN)CCCC3)ncnc21. The summed E-state index contributed by atoms with van der Waals surface area (Å²) in [6.07, 6.45) is 9.47. The van der Waals surface area contributed by atoms with E-state index < -0.39 is 18.1 Å². The summed E-state index contributed by atoms with van der Waals surface area (Å²) in [4.78, 5) is 13.9. The summed E-state index contributed by atoms with van der Waals surface area (Å²) in [5.41, 5.74) is 8.91. The molecule has 1 aliphatic carbocycles. The van der Waals surface area contributed by atoms with E-state index in [4.69, 9.17) is 24.9 Å². The highest BCUT2D eigenvalue weighted by Crippen LogP contribution is 2.45. The van der Waals surface area contributed by atoms with Crippen LogP contribution in [0.1, 0.15) is 57.0 Å². The number of imidazole rings is 1. The molecule has 6 rings (SSSR count). The molecule has 0 bridgehead atoms. The first-order valence-electron chi connectivity index (χ1n) is 12.2. The monoisotopic (exact) mass is 479 g/mol. The zero-order valence-corrected chi connectivity index (χ0v) is 19.9. The van der Waals surface area contributed by atoms with Crippen LogP contribution in [-0.2, 0) is 19.6 Å². The van der Waals surface area contributed by atoms with Crippen LogP contribution in [0.25, 0.3) is 17.2 Å². The zero-order valence-electron chi connectivity index (χ0n) is 19.9. The molecule has 2 N–H and O–H groups in total. The number of fused-ring (bicyclic) bond motifs is 2. The number of benzene rings is 1. The van der Waals surface area contributed by atoms with Crippen molar-refractivity contribution >= 4 is 17.2 Å². The number of nitrogens with two attached hydrogens (primary N) is 1. The van der Waals surface area contributed by atoms with E-state index in [0.29, 0.717) is 17.8 Å². The predicted octanol–water partition coefficient (Wildman–Crippen LogP) is 3.87. The van der Waals surface area contributed by atoms with E-state index in [2.05, 4.69) is 9.97 Å². The Labute approximate surface area is 203 Å². The standard InChI is InChI=1S/C26H30FN5O3/c1-25(2)34-20-18(10-9-16-7-3-4-8-17(16)27)33-24(21(20)35-25)32-15-31-19-22(29-14-30-23(19)32)26(13-28)11-5-6-12-26/h3-4,7-10,14-15,18,20-21,24H,5-6,11-13,28H2,1-2H3/t18-,20-,21-,24-/m1/s1. The number of halogens is 1. The molecule has 0 unspecified atom stereocenters. The lowest BCUT2D eigenvalue weighted by molar-refractivity contribution is -0.191. The largest absolute Gasteiger partial charge is 0.345 e. The van der Waals surface area contributed by atoms with Crippen LogP contribution in [0.4, 0.5) is 4.39 Å². The number of rotatable bonds is 5. The van der Waals surface area contributed by atoms with Crippen LogP contribution in [0.3, 0.4) is 0 Å². The molecule has 2 aliphatic heterocycles. The molecule has 1 aromatic carbocycles. The van der Waals surface area contributed by atoms with Gasteiger partial charge in [-0.2, -0.15) is 0 Å². The highest BCUT2D eigenvalue weighted by Gasteiger charge is 2.55. The molecule has 3 fully saturated rings. The number of nitrogens with zero attached hydrogens (tertiary/aromatic N) is 4. The quantitative estimate of drug-likeness (QED) is 0.593. The average molecular weight is 480 g/mol. The maximum absolute atomic E-state index is 14.2. The Morgan fingerprint density at radius 3 is 2.66 bits per heavy atom. The third-order valence-electron chi connectivity index (χ3n) is 7.52. The van der Waals surface area contributed by atoms with E-state index in [9.17, 15) is 4.39 Å². The highest BCUT2D eigenvalue weighted by molar-refractivity contribution is 5.74. The van der Waals surface area contributed by atoms with Gasteiger partial charge in [-0.05, 0) is 32.8 Å². The number of ether oxygens (including phenoxy) is 3. The summed E-state index contributed by atoms with van der Waals surface area (Å²) in [6, 6.07) is 6.63. The van der Waals surface area contributed by atoms with Crippen molar-refractivity contribution < 1.29 is 18.6 Å². The molecule has 3 aliphatic rings. The first kappa shape index (κ1) is 22.7. The summed E-state index contributed by atoms with van der Waals surface area (Å²) in [5, 5.41) is 0. The fourth-order valence-corrected chi connectivity index (χ4v) is 5.81. The summed E-state index contributed by atoms with van der Waals surface area (Å²) < 4.78 is 35.0. The van der Waals surface area contributed by atoms with Gasteiger partial charge in [-0.1, -0.05) is 43.2 Å². The van der Waals surface area contributed by atoms with E-state index in [1.807, 2.05) is 24.5 Å². The van der Waals surface area contributed by atoms with E-state index in [0.717, 1.165) is 36.9 Å². The van der Waals surface area contributed by atoms with E-state index in [-0.39, 0.29) is 23.4 Å². The second-order valence-corrected chi connectivity index (χ2v) is 10.2. The minimum absolute atomic E-state index is 0.167. The van der Waals surface area contributed by atoms with Crippen molar-refractivity contribution in [1.29, 1.82) is 0 Å². The van der Waals surface area contributed by atoms with Crippen molar-refractivity contribution in [3.63, 3.8) is 0 Å². The second-order valence-electron chi connectivity index (χ2n) is 10.2. The molecule has 1 saturated carbocycles. The Morgan fingerprint density at radius 2 is 1.89 bits per heavy atom. The maximum Gasteiger partial charge on any atom is 0.166 e. The molecule has 35 heavy (non-hydrogen) atoms. The van der Waals surface area contributed by atoms with Crippen LogP contribution >= 0.6 is 0 Å². The van der Waals surface area contributed by atoms with Crippen LogP contribution in [0.5, 0.6) is 0 Å². The number of aromatic nitrogens is 4. The molecule has 3 aromatic rings. The lowest BCUT2D eigenvalue weighted by Gasteiger charge is -2.26. The maximum atomic E-state index is 14.2. The van der Waals surface area contributed by atoms with Gasteiger partial charge in [0.2, 0.25) is 0 Å². The van der Waals surface area contributed by atoms with Gasteiger partial charge in [-0.15, -0.1) is 0 Å². The van der Waals surface area contributed by atoms with Gasteiger partial charge in [0.25, 0.3) is 0 Å². The lowest BCUT2D eigenvalue weighted by Crippen LogP contribution is -2.33. The summed E-state index contributed by atoms with van der Waals surface area (Å²) >= 11 is 0. The van der Waals surface area contributed by atoms with Gasteiger partial charge in [0.15, 0.2) is 17.7 Å². The van der Waals surface area contributed by atoms with Gasteiger partial charge in [-0.25, -0.2) is 19.3 Å². The zero-order chi connectivity index (χ0) is 24.2. The molecule has 4 heterocycles. The molecular formula is C26H30FN5O3. The van der Waals surface area contributed by atoms with Crippen molar-refractivity contribution in [2.45, 2.75) is 75.3 Å². The van der Waals surface area contributed by atoms with Crippen LogP contribution in [0.2, 0.25) is 0 Å². The van der Waals surface area contributed by atoms with Gasteiger partial charge in [0, 0.05) is 17.5 Å². The predicted molar refractivity (Wildman–Crippen MR) is 128 cm³/mol. The molecule has 184 valence electrons. The Kier molecular flexibility index (Phi) is 5.48. The molecule has 0 spiro atoms. The molecule has 2 aromatic heterocycles. The Balaban J connectivity index is 1.37. The van der Waals surface area contributed by atoms with Crippen LogP contribution in [0, 0.1) is 5.82 Å². The summed E-state index contributed by atoms with van der Waals surface area (Å²) in [7, 11) is 0.